The van der Waals surface area contributed by atoms with Gasteiger partial charge in [-0.05, 0) is 33.1 Å². The van der Waals surface area contributed by atoms with E-state index in [4.69, 9.17) is 0 Å². The lowest BCUT2D eigenvalue weighted by Crippen LogP contribution is -2.62. The highest BCUT2D eigenvalue weighted by atomic mass is 16.1. The lowest BCUT2D eigenvalue weighted by Gasteiger charge is -2.41. The monoisotopic (exact) mass is 308 g/mol. The Bertz CT molecular complexity index is 392. The molecule has 2 N–H and O–H groups in total. The van der Waals surface area contributed by atoms with Crippen LogP contribution in [0.2, 0.25) is 0 Å². The highest BCUT2D eigenvalue weighted by Gasteiger charge is 2.41. The lowest BCUT2D eigenvalue weighted by atomic mass is 10.1. The molecule has 22 heavy (non-hydrogen) atoms. The maximum atomic E-state index is 11.4. The summed E-state index contributed by atoms with van der Waals surface area (Å²) in [6.07, 6.45) is 16.6. The van der Waals surface area contributed by atoms with E-state index in [1.165, 1.54) is 32.1 Å². The van der Waals surface area contributed by atoms with Crippen LogP contribution in [0.1, 0.15) is 66.2 Å². The number of nitrogens with one attached hydrogen (secondary N) is 2. The van der Waals surface area contributed by atoms with Gasteiger partial charge >= 0.3 is 0 Å². The maximum absolute atomic E-state index is 11.4. The van der Waals surface area contributed by atoms with Crippen molar-refractivity contribution in [3.63, 3.8) is 0 Å². The normalized spacial score (nSPS) is 25.4. The predicted molar refractivity (Wildman–Crippen MR) is 92.7 cm³/mol. The quantitative estimate of drug-likeness (QED) is 0.368. The molecule has 1 heterocycles. The molecule has 3 atom stereocenters. The van der Waals surface area contributed by atoms with Crippen LogP contribution in [0.4, 0.5) is 0 Å². The van der Waals surface area contributed by atoms with Gasteiger partial charge in [0.1, 0.15) is 6.20 Å². The first-order chi connectivity index (χ1) is 10.6. The summed E-state index contributed by atoms with van der Waals surface area (Å²) in [4.78, 5) is 11.4. The summed E-state index contributed by atoms with van der Waals surface area (Å²) in [5.41, 5.74) is 0. The molecule has 0 aromatic rings. The topological polar surface area (TPSA) is 41.1 Å². The number of rotatable bonds is 10. The first kappa shape index (κ1) is 18.8. The lowest BCUT2D eigenvalue weighted by molar-refractivity contribution is -0.923. The summed E-state index contributed by atoms with van der Waals surface area (Å²) in [5, 5.41) is 6.56. The van der Waals surface area contributed by atoms with Crippen LogP contribution in [0.25, 0.3) is 0 Å². The number of hydrogen-bond donors (Lipinski definition) is 2. The van der Waals surface area contributed by atoms with Gasteiger partial charge in [0.15, 0.2) is 12.3 Å². The Kier molecular flexibility index (Phi) is 8.25. The molecular formula is C18H34N3O+. The van der Waals surface area contributed by atoms with Crippen molar-refractivity contribution in [2.24, 2.45) is 0 Å². The van der Waals surface area contributed by atoms with Gasteiger partial charge in [0.25, 0.3) is 0 Å². The minimum absolute atomic E-state index is 0.0430. The molecule has 0 saturated heterocycles. The number of carbonyl (C=O) groups is 1. The van der Waals surface area contributed by atoms with Crippen LogP contribution in [0.15, 0.2) is 24.6 Å². The predicted octanol–water partition coefficient (Wildman–Crippen LogP) is 3.62. The van der Waals surface area contributed by atoms with Crippen molar-refractivity contribution in [2.45, 2.75) is 78.6 Å². The number of unbranched alkanes of at least 4 members (excludes halogenated alkanes) is 4. The van der Waals surface area contributed by atoms with Crippen molar-refractivity contribution >= 4 is 5.91 Å². The second-order valence-electron chi connectivity index (χ2n) is 6.25. The van der Waals surface area contributed by atoms with Gasteiger partial charge < -0.3 is 10.6 Å². The Morgan fingerprint density at radius 1 is 1.36 bits per heavy atom. The molecule has 1 aliphatic rings. The van der Waals surface area contributed by atoms with Gasteiger partial charge in [-0.1, -0.05) is 25.0 Å². The molecule has 4 nitrogen and oxygen atoms in total. The van der Waals surface area contributed by atoms with Crippen molar-refractivity contribution in [1.29, 1.82) is 0 Å². The van der Waals surface area contributed by atoms with Crippen LogP contribution in [0.5, 0.6) is 0 Å². The van der Waals surface area contributed by atoms with Crippen LogP contribution < -0.4 is 10.6 Å². The average Bonchev–Trinajstić information content (AvgIpc) is 2.90. The van der Waals surface area contributed by atoms with Gasteiger partial charge in [-0.3, -0.25) is 9.28 Å². The Hall–Kier alpha value is -1.29. The Morgan fingerprint density at radius 2 is 2.09 bits per heavy atom. The molecule has 0 radical (unpaired) electrons. The van der Waals surface area contributed by atoms with Gasteiger partial charge in [-0.2, -0.15) is 0 Å². The van der Waals surface area contributed by atoms with E-state index in [2.05, 4.69) is 56.0 Å². The fourth-order valence-corrected chi connectivity index (χ4v) is 3.39. The zero-order chi connectivity index (χ0) is 16.4. The number of amides is 1. The summed E-state index contributed by atoms with van der Waals surface area (Å²) in [6, 6.07) is 0. The van der Waals surface area contributed by atoms with E-state index in [1.54, 1.807) is 6.92 Å². The molecule has 1 amide bonds. The molecule has 0 aromatic heterocycles. The van der Waals surface area contributed by atoms with Crippen molar-refractivity contribution in [1.82, 2.24) is 10.6 Å². The fraction of sp³-hybridized carbons (Fsp3) is 0.722. The molecule has 0 aromatic carbocycles. The maximum Gasteiger partial charge on any atom is 0.221 e. The number of hydrogen-bond acceptors (Lipinski definition) is 2. The van der Waals surface area contributed by atoms with Crippen LogP contribution >= 0.6 is 0 Å². The SMILES string of the molecule is C/C=C/CCCCCCC1NC=C[N+]1(CC)C(C)NC(C)=O. The van der Waals surface area contributed by atoms with Crippen molar-refractivity contribution in [3.05, 3.63) is 24.6 Å². The van der Waals surface area contributed by atoms with E-state index in [1.807, 2.05) is 0 Å². The van der Waals surface area contributed by atoms with Crippen LogP contribution in [-0.2, 0) is 4.79 Å². The number of carbonyl (C=O) groups excluding carboxylic acids is 1. The molecule has 0 spiro atoms. The van der Waals surface area contributed by atoms with E-state index < -0.39 is 0 Å². The molecular weight excluding hydrogens is 274 g/mol. The van der Waals surface area contributed by atoms with Gasteiger partial charge in [0.05, 0.1) is 12.7 Å². The zero-order valence-electron chi connectivity index (χ0n) is 14.8. The van der Waals surface area contributed by atoms with Crippen molar-refractivity contribution < 1.29 is 9.28 Å². The summed E-state index contributed by atoms with van der Waals surface area (Å²) < 4.78 is 0.804. The Balaban J connectivity index is 2.42. The van der Waals surface area contributed by atoms with Gasteiger partial charge in [0.2, 0.25) is 5.91 Å². The third-order valence-electron chi connectivity index (χ3n) is 4.74. The molecule has 1 rings (SSSR count). The highest BCUT2D eigenvalue weighted by molar-refractivity contribution is 5.72. The second-order valence-corrected chi connectivity index (χ2v) is 6.25. The van der Waals surface area contributed by atoms with Gasteiger partial charge in [0, 0.05) is 20.3 Å². The summed E-state index contributed by atoms with van der Waals surface area (Å²) in [6.45, 7) is 8.95. The molecule has 1 aliphatic heterocycles. The van der Waals surface area contributed by atoms with E-state index >= 15 is 0 Å². The average molecular weight is 308 g/mol. The highest BCUT2D eigenvalue weighted by Crippen LogP contribution is 2.26. The molecule has 3 unspecified atom stereocenters. The summed E-state index contributed by atoms with van der Waals surface area (Å²) in [5.74, 6) is 0.0430. The molecule has 4 heteroatoms. The molecule has 0 fully saturated rings. The summed E-state index contributed by atoms with van der Waals surface area (Å²) >= 11 is 0. The van der Waals surface area contributed by atoms with Gasteiger partial charge in [-0.15, -0.1) is 0 Å². The number of quaternary nitrogens is 1. The first-order valence-corrected chi connectivity index (χ1v) is 8.76. The standard InChI is InChI=1S/C18H33N3O/c1-5-7-8-9-10-11-12-13-18-19-14-15-21(18,6-2)16(3)20-17(4)22/h5,7,14-16,18-19H,6,8-13H2,1-4H3/p+1/b7-5+. The van der Waals surface area contributed by atoms with Gasteiger partial charge in [-0.25, -0.2) is 0 Å². The van der Waals surface area contributed by atoms with E-state index in [9.17, 15) is 4.79 Å². The third-order valence-corrected chi connectivity index (χ3v) is 4.74. The van der Waals surface area contributed by atoms with Crippen molar-refractivity contribution in [2.75, 3.05) is 6.54 Å². The third kappa shape index (κ3) is 5.16. The van der Waals surface area contributed by atoms with Crippen LogP contribution in [0, 0.1) is 0 Å². The Labute approximate surface area is 136 Å². The zero-order valence-corrected chi connectivity index (χ0v) is 14.8. The molecule has 126 valence electrons. The van der Waals surface area contributed by atoms with E-state index in [-0.39, 0.29) is 12.1 Å². The van der Waals surface area contributed by atoms with Crippen LogP contribution in [-0.4, -0.2) is 29.3 Å². The molecule has 0 saturated carbocycles. The largest absolute Gasteiger partial charge is 0.338 e. The van der Waals surface area contributed by atoms with E-state index in [0.29, 0.717) is 6.17 Å². The summed E-state index contributed by atoms with van der Waals surface area (Å²) in [7, 11) is 0. The molecule has 0 bridgehead atoms. The first-order valence-electron chi connectivity index (χ1n) is 8.76. The van der Waals surface area contributed by atoms with Crippen molar-refractivity contribution in [3.8, 4) is 0 Å². The molecule has 0 aliphatic carbocycles. The minimum atomic E-state index is 0.0430. The second kappa shape index (κ2) is 9.67. The van der Waals surface area contributed by atoms with Crippen LogP contribution in [0.3, 0.4) is 0 Å². The Morgan fingerprint density at radius 3 is 2.73 bits per heavy atom. The number of allylic oxidation sites excluding steroid dienone is 2. The smallest absolute Gasteiger partial charge is 0.221 e. The van der Waals surface area contributed by atoms with E-state index in [0.717, 1.165) is 17.4 Å². The fourth-order valence-electron chi connectivity index (χ4n) is 3.39. The minimum Gasteiger partial charge on any atom is -0.338 e. The number of nitrogens with zero attached hydrogens (tertiary/aromatic N) is 1.